The molecule has 36 heavy (non-hydrogen) atoms. The van der Waals surface area contributed by atoms with Crippen LogP contribution in [-0.2, 0) is 21.6 Å². The number of hydrogen-bond donors (Lipinski definition) is 2. The SMILES string of the molecule is CNC(=O)c1ccc2nc([C@@]3(Cc4ccccc4)OC(=O)N([C@H](C)c4ccc(F)cc4)C3=O)[nH]c2c1. The van der Waals surface area contributed by atoms with Crippen LogP contribution in [-0.4, -0.2) is 39.8 Å². The minimum Gasteiger partial charge on any atom is -0.424 e. The van der Waals surface area contributed by atoms with Gasteiger partial charge in [0.25, 0.3) is 17.4 Å². The molecule has 0 saturated carbocycles. The Morgan fingerprint density at radius 2 is 1.83 bits per heavy atom. The molecule has 3 amide bonds. The number of hydrogen-bond acceptors (Lipinski definition) is 5. The van der Waals surface area contributed by atoms with Gasteiger partial charge >= 0.3 is 6.09 Å². The highest BCUT2D eigenvalue weighted by Crippen LogP contribution is 2.41. The summed E-state index contributed by atoms with van der Waals surface area (Å²) in [7, 11) is 1.54. The molecule has 1 aliphatic rings. The van der Waals surface area contributed by atoms with Crippen LogP contribution in [0.15, 0.2) is 72.8 Å². The number of cyclic esters (lactones) is 1. The average Bonchev–Trinajstić information content (AvgIpc) is 3.42. The van der Waals surface area contributed by atoms with Gasteiger partial charge in [-0.15, -0.1) is 0 Å². The summed E-state index contributed by atoms with van der Waals surface area (Å²) in [6.45, 7) is 1.68. The summed E-state index contributed by atoms with van der Waals surface area (Å²) in [4.78, 5) is 48.0. The fraction of sp³-hybridized carbons (Fsp3) is 0.185. The standard InChI is InChI=1S/C27H23FN4O4/c1-16(18-8-11-20(28)12-9-18)32-25(34)27(36-26(32)35,15-17-6-4-3-5-7-17)24-30-21-13-10-19(23(33)29-2)14-22(21)31-24/h3-14,16H,15H2,1-2H3,(H,29,33)(H,30,31)/t16-,27-/m1/s1. The molecule has 5 rings (SSSR count). The van der Waals surface area contributed by atoms with Crippen molar-refractivity contribution in [2.45, 2.75) is 25.0 Å². The number of rotatable bonds is 6. The van der Waals surface area contributed by atoms with E-state index in [9.17, 15) is 18.8 Å². The van der Waals surface area contributed by atoms with Crippen LogP contribution in [0.2, 0.25) is 0 Å². The topological polar surface area (TPSA) is 104 Å². The molecule has 4 aromatic rings. The molecule has 0 radical (unpaired) electrons. The normalized spacial score (nSPS) is 18.4. The third kappa shape index (κ3) is 3.88. The van der Waals surface area contributed by atoms with Gasteiger partial charge in [0.1, 0.15) is 5.82 Å². The van der Waals surface area contributed by atoms with Crippen LogP contribution >= 0.6 is 0 Å². The maximum absolute atomic E-state index is 14.0. The molecule has 0 spiro atoms. The van der Waals surface area contributed by atoms with Crippen molar-refractivity contribution >= 4 is 28.9 Å². The number of aromatic nitrogens is 2. The first-order chi connectivity index (χ1) is 17.3. The van der Waals surface area contributed by atoms with E-state index in [2.05, 4.69) is 15.3 Å². The number of imide groups is 1. The van der Waals surface area contributed by atoms with Crippen LogP contribution in [0.4, 0.5) is 9.18 Å². The Morgan fingerprint density at radius 3 is 2.53 bits per heavy atom. The fourth-order valence-electron chi connectivity index (χ4n) is 4.46. The van der Waals surface area contributed by atoms with E-state index in [-0.39, 0.29) is 18.2 Å². The summed E-state index contributed by atoms with van der Waals surface area (Å²) in [6, 6.07) is 19.0. The molecule has 182 valence electrons. The average molecular weight is 487 g/mol. The number of ether oxygens (including phenoxy) is 1. The molecular weight excluding hydrogens is 463 g/mol. The van der Waals surface area contributed by atoms with Gasteiger partial charge < -0.3 is 15.0 Å². The number of nitrogens with one attached hydrogen (secondary N) is 2. The van der Waals surface area contributed by atoms with Gasteiger partial charge in [-0.3, -0.25) is 9.59 Å². The number of H-pyrrole nitrogens is 1. The van der Waals surface area contributed by atoms with E-state index in [1.54, 1.807) is 25.1 Å². The highest BCUT2D eigenvalue weighted by molar-refractivity contribution is 6.04. The largest absolute Gasteiger partial charge is 0.424 e. The molecule has 1 saturated heterocycles. The lowest BCUT2D eigenvalue weighted by Crippen LogP contribution is -2.42. The second kappa shape index (κ2) is 8.92. The van der Waals surface area contributed by atoms with Crippen molar-refractivity contribution in [3.05, 3.63) is 101 Å². The lowest BCUT2D eigenvalue weighted by atomic mass is 9.92. The number of aromatic amines is 1. The summed E-state index contributed by atoms with van der Waals surface area (Å²) in [5.41, 5.74) is 1.04. The lowest BCUT2D eigenvalue weighted by molar-refractivity contribution is -0.139. The molecule has 0 bridgehead atoms. The first kappa shape index (κ1) is 23.2. The van der Waals surface area contributed by atoms with Crippen LogP contribution in [0, 0.1) is 5.82 Å². The van der Waals surface area contributed by atoms with Crippen molar-refractivity contribution in [2.24, 2.45) is 0 Å². The molecule has 0 unspecified atom stereocenters. The van der Waals surface area contributed by atoms with Gasteiger partial charge in [-0.05, 0) is 48.4 Å². The highest BCUT2D eigenvalue weighted by Gasteiger charge is 2.58. The van der Waals surface area contributed by atoms with Gasteiger partial charge in [0.2, 0.25) is 0 Å². The predicted octanol–water partition coefficient (Wildman–Crippen LogP) is 4.24. The van der Waals surface area contributed by atoms with Crippen molar-refractivity contribution in [1.82, 2.24) is 20.2 Å². The van der Waals surface area contributed by atoms with E-state index in [1.165, 1.54) is 31.3 Å². The summed E-state index contributed by atoms with van der Waals surface area (Å²) in [6.07, 6.45) is -0.771. The zero-order valence-electron chi connectivity index (χ0n) is 19.6. The monoisotopic (exact) mass is 486 g/mol. The van der Waals surface area contributed by atoms with Crippen molar-refractivity contribution in [2.75, 3.05) is 7.05 Å². The van der Waals surface area contributed by atoms with E-state index in [0.717, 1.165) is 10.5 Å². The van der Waals surface area contributed by atoms with E-state index in [1.807, 2.05) is 30.3 Å². The Labute approximate surface area is 206 Å². The molecule has 8 nitrogen and oxygen atoms in total. The molecule has 1 aromatic heterocycles. The van der Waals surface area contributed by atoms with Gasteiger partial charge in [-0.1, -0.05) is 42.5 Å². The predicted molar refractivity (Wildman–Crippen MR) is 129 cm³/mol. The molecule has 1 aliphatic heterocycles. The third-order valence-corrected chi connectivity index (χ3v) is 6.41. The van der Waals surface area contributed by atoms with Crippen LogP contribution in [0.1, 0.15) is 40.3 Å². The van der Waals surface area contributed by atoms with Crippen molar-refractivity contribution in [3.8, 4) is 0 Å². The van der Waals surface area contributed by atoms with Crippen LogP contribution in [0.25, 0.3) is 11.0 Å². The van der Waals surface area contributed by atoms with E-state index >= 15 is 0 Å². The van der Waals surface area contributed by atoms with Gasteiger partial charge in [-0.25, -0.2) is 19.1 Å². The minimum absolute atomic E-state index is 0.0488. The number of carbonyl (C=O) groups is 3. The van der Waals surface area contributed by atoms with Crippen LogP contribution in [0.3, 0.4) is 0 Å². The first-order valence-electron chi connectivity index (χ1n) is 11.4. The van der Waals surface area contributed by atoms with E-state index in [0.29, 0.717) is 22.2 Å². The minimum atomic E-state index is -1.75. The number of nitrogens with zero attached hydrogens (tertiary/aromatic N) is 2. The second-order valence-electron chi connectivity index (χ2n) is 8.66. The maximum atomic E-state index is 14.0. The van der Waals surface area contributed by atoms with Gasteiger partial charge in [0, 0.05) is 19.0 Å². The Morgan fingerprint density at radius 1 is 1.11 bits per heavy atom. The zero-order chi connectivity index (χ0) is 25.4. The number of halogens is 1. The maximum Gasteiger partial charge on any atom is 0.418 e. The highest BCUT2D eigenvalue weighted by atomic mass is 19.1. The van der Waals surface area contributed by atoms with Crippen molar-refractivity contribution in [3.63, 3.8) is 0 Å². The number of imidazole rings is 1. The first-order valence-corrected chi connectivity index (χ1v) is 11.4. The summed E-state index contributed by atoms with van der Waals surface area (Å²) < 4.78 is 19.3. The molecule has 1 fully saturated rings. The number of amides is 3. The quantitative estimate of drug-likeness (QED) is 0.424. The van der Waals surface area contributed by atoms with Crippen molar-refractivity contribution < 1.29 is 23.5 Å². The number of fused-ring (bicyclic) bond motifs is 1. The number of benzene rings is 3. The zero-order valence-corrected chi connectivity index (χ0v) is 19.6. The lowest BCUT2D eigenvalue weighted by Gasteiger charge is -2.25. The summed E-state index contributed by atoms with van der Waals surface area (Å²) in [5, 5.41) is 2.57. The molecule has 2 atom stereocenters. The second-order valence-corrected chi connectivity index (χ2v) is 8.66. The van der Waals surface area contributed by atoms with Gasteiger partial charge in [-0.2, -0.15) is 0 Å². The van der Waals surface area contributed by atoms with Gasteiger partial charge in [0.05, 0.1) is 17.1 Å². The van der Waals surface area contributed by atoms with E-state index in [4.69, 9.17) is 4.74 Å². The molecule has 3 aromatic carbocycles. The molecule has 9 heteroatoms. The Balaban J connectivity index is 1.60. The Hall–Kier alpha value is -4.53. The Kier molecular flexibility index (Phi) is 5.75. The Bertz CT molecular complexity index is 1470. The number of carbonyl (C=O) groups excluding carboxylic acids is 3. The molecular formula is C27H23FN4O4. The molecule has 2 heterocycles. The smallest absolute Gasteiger partial charge is 0.418 e. The fourth-order valence-corrected chi connectivity index (χ4v) is 4.46. The van der Waals surface area contributed by atoms with Crippen LogP contribution < -0.4 is 5.32 Å². The molecule has 0 aliphatic carbocycles. The van der Waals surface area contributed by atoms with Gasteiger partial charge in [0.15, 0.2) is 5.82 Å². The molecule has 2 N–H and O–H groups in total. The third-order valence-electron chi connectivity index (χ3n) is 6.41. The summed E-state index contributed by atoms with van der Waals surface area (Å²) >= 11 is 0. The summed E-state index contributed by atoms with van der Waals surface area (Å²) in [5.74, 6) is -1.12. The van der Waals surface area contributed by atoms with Crippen molar-refractivity contribution in [1.29, 1.82) is 0 Å². The van der Waals surface area contributed by atoms with Crippen LogP contribution in [0.5, 0.6) is 0 Å². The van der Waals surface area contributed by atoms with E-state index < -0.39 is 29.5 Å².